The van der Waals surface area contributed by atoms with Crippen molar-refractivity contribution in [1.82, 2.24) is 4.98 Å². The van der Waals surface area contributed by atoms with E-state index in [0.717, 1.165) is 45.6 Å². The Morgan fingerprint density at radius 3 is 1.79 bits per heavy atom. The Balaban J connectivity index is 0.00000176. The number of allylic oxidation sites excluding steroid dienone is 1. The van der Waals surface area contributed by atoms with Crippen molar-refractivity contribution in [2.24, 2.45) is 0 Å². The molecule has 278 valence electrons. The van der Waals surface area contributed by atoms with Crippen molar-refractivity contribution >= 4 is 33.4 Å². The Bertz CT molecular complexity index is 1830. The first-order chi connectivity index (χ1) is 25.5. The maximum atomic E-state index is 13.0. The summed E-state index contributed by atoms with van der Waals surface area (Å²) in [5.74, 6) is 3.65. The van der Waals surface area contributed by atoms with Gasteiger partial charge in [-0.1, -0.05) is 52.0 Å². The summed E-state index contributed by atoms with van der Waals surface area (Å²) >= 11 is 1.66. The molecule has 5 aromatic rings. The van der Waals surface area contributed by atoms with Crippen LogP contribution in [0.25, 0.3) is 26.9 Å². The van der Waals surface area contributed by atoms with E-state index in [2.05, 4.69) is 6.07 Å². The molecule has 0 aliphatic carbocycles. The molecule has 52 heavy (non-hydrogen) atoms. The average molecular weight is 730 g/mol. The molecule has 0 saturated carbocycles. The molecule has 0 unspecified atom stereocenters. The van der Waals surface area contributed by atoms with E-state index >= 15 is 0 Å². The van der Waals surface area contributed by atoms with Crippen molar-refractivity contribution in [3.05, 3.63) is 90.0 Å². The molecular weight excluding hydrogens is 679 g/mol. The molecule has 0 amide bonds. The van der Waals surface area contributed by atoms with Gasteiger partial charge in [0.2, 0.25) is 5.75 Å². The lowest BCUT2D eigenvalue weighted by Gasteiger charge is -2.13. The van der Waals surface area contributed by atoms with E-state index in [1.54, 1.807) is 43.8 Å². The summed E-state index contributed by atoms with van der Waals surface area (Å²) in [6.07, 6.45) is 5.81. The van der Waals surface area contributed by atoms with E-state index < -0.39 is 0 Å². The fourth-order valence-electron chi connectivity index (χ4n) is 5.06. The van der Waals surface area contributed by atoms with Crippen LogP contribution in [0.1, 0.15) is 62.9 Å². The predicted molar refractivity (Wildman–Crippen MR) is 212 cm³/mol. The Morgan fingerprint density at radius 2 is 1.21 bits per heavy atom. The lowest BCUT2D eigenvalue weighted by atomic mass is 10.1. The molecule has 10 heteroatoms. The van der Waals surface area contributed by atoms with E-state index in [-0.39, 0.29) is 5.78 Å². The number of para-hydroxylation sites is 1. The maximum absolute atomic E-state index is 13.0. The zero-order valence-electron chi connectivity index (χ0n) is 31.7. The minimum atomic E-state index is -0.212. The molecule has 0 bridgehead atoms. The van der Waals surface area contributed by atoms with Crippen LogP contribution in [-0.4, -0.2) is 59.5 Å². The smallest absolute Gasteiger partial charge is 0.203 e. The minimum absolute atomic E-state index is 0.212. The zero-order valence-corrected chi connectivity index (χ0v) is 32.6. The van der Waals surface area contributed by atoms with Crippen LogP contribution in [0.4, 0.5) is 0 Å². The van der Waals surface area contributed by atoms with Gasteiger partial charge in [0.05, 0.1) is 59.0 Å². The fraction of sp³-hybridized carbons (Fsp3) is 0.333. The number of ether oxygens (including phenoxy) is 7. The lowest BCUT2D eigenvalue weighted by Crippen LogP contribution is -2.03. The number of methoxy groups -OCH3 is 5. The standard InChI is InChI=1S/C38H39NO8S.2C2H6/c1-41-30-17-14-25(13-16-29(40)27-23-34(43-3)37(45-5)35(24-27)44-4)21-32(30)46-19-9-6-10-20-47-33-22-26(15-18-31(33)42-2)38-39-28-11-7-8-12-36(28)48-38;2*1-2/h7-8,11-18,21-24H,6,9-10,19-20H2,1-5H3;2*1-2H3/b16-13+;;. The van der Waals surface area contributed by atoms with Crippen LogP contribution in [0.3, 0.4) is 0 Å². The summed E-state index contributed by atoms with van der Waals surface area (Å²) in [7, 11) is 7.78. The van der Waals surface area contributed by atoms with Crippen molar-refractivity contribution in [1.29, 1.82) is 0 Å². The minimum Gasteiger partial charge on any atom is -0.493 e. The predicted octanol–water partition coefficient (Wildman–Crippen LogP) is 10.6. The average Bonchev–Trinajstić information content (AvgIpc) is 3.65. The second-order valence-corrected chi connectivity index (χ2v) is 11.7. The molecule has 9 nitrogen and oxygen atoms in total. The van der Waals surface area contributed by atoms with Gasteiger partial charge in [0.15, 0.2) is 40.3 Å². The summed E-state index contributed by atoms with van der Waals surface area (Å²) < 4.78 is 40.5. The van der Waals surface area contributed by atoms with Crippen molar-refractivity contribution < 1.29 is 38.0 Å². The zero-order chi connectivity index (χ0) is 37.9. The molecule has 0 radical (unpaired) electrons. The number of carbonyl (C=O) groups excluding carboxylic acids is 1. The molecule has 0 aliphatic rings. The van der Waals surface area contributed by atoms with Gasteiger partial charge < -0.3 is 33.2 Å². The number of carbonyl (C=O) groups is 1. The number of fused-ring (bicyclic) bond motifs is 1. The van der Waals surface area contributed by atoms with Gasteiger partial charge in [0.25, 0.3) is 0 Å². The number of unbranched alkanes of at least 4 members (excludes halogenated alkanes) is 2. The number of hydrogen-bond donors (Lipinski definition) is 0. The second-order valence-electron chi connectivity index (χ2n) is 10.6. The highest BCUT2D eigenvalue weighted by Crippen LogP contribution is 2.39. The van der Waals surface area contributed by atoms with Crippen molar-refractivity contribution in [3.63, 3.8) is 0 Å². The lowest BCUT2D eigenvalue weighted by molar-refractivity contribution is 0.104. The number of hydrogen-bond acceptors (Lipinski definition) is 10. The van der Waals surface area contributed by atoms with Gasteiger partial charge in [-0.2, -0.15) is 0 Å². The van der Waals surface area contributed by atoms with E-state index in [0.29, 0.717) is 59.0 Å². The number of rotatable bonds is 17. The third-order valence-corrected chi connectivity index (χ3v) is 8.66. The highest BCUT2D eigenvalue weighted by atomic mass is 32.1. The van der Waals surface area contributed by atoms with Gasteiger partial charge in [-0.3, -0.25) is 4.79 Å². The maximum Gasteiger partial charge on any atom is 0.203 e. The van der Waals surface area contributed by atoms with Gasteiger partial charge in [-0.25, -0.2) is 4.98 Å². The van der Waals surface area contributed by atoms with Gasteiger partial charge in [0.1, 0.15) is 5.01 Å². The number of benzene rings is 4. The second kappa shape index (κ2) is 21.9. The number of thiazole rings is 1. The van der Waals surface area contributed by atoms with Crippen LogP contribution in [-0.2, 0) is 0 Å². The summed E-state index contributed by atoms with van der Waals surface area (Å²) in [5, 5.41) is 0.945. The Labute approximate surface area is 312 Å². The first-order valence-electron chi connectivity index (χ1n) is 17.5. The molecule has 0 saturated heterocycles. The monoisotopic (exact) mass is 729 g/mol. The van der Waals surface area contributed by atoms with E-state index in [1.165, 1.54) is 27.4 Å². The highest BCUT2D eigenvalue weighted by Gasteiger charge is 2.16. The normalized spacial score (nSPS) is 10.4. The van der Waals surface area contributed by atoms with Crippen LogP contribution in [0.15, 0.2) is 78.9 Å². The van der Waals surface area contributed by atoms with Gasteiger partial charge in [0, 0.05) is 11.1 Å². The van der Waals surface area contributed by atoms with Gasteiger partial charge in [-0.15, -0.1) is 11.3 Å². The summed E-state index contributed by atoms with van der Waals surface area (Å²) in [6, 6.07) is 22.8. The molecule has 0 spiro atoms. The SMILES string of the molecule is CC.CC.COc1ccc(/C=C/C(=O)c2cc(OC)c(OC)c(OC)c2)cc1OCCCCCOc1cc(-c2nc3ccccc3s2)ccc1OC. The first kappa shape index (κ1) is 41.2. The summed E-state index contributed by atoms with van der Waals surface area (Å²) in [4.78, 5) is 17.8. The molecule has 0 N–H and O–H groups in total. The molecule has 0 aliphatic heterocycles. The molecule has 4 aromatic carbocycles. The number of ketones is 1. The summed E-state index contributed by atoms with van der Waals surface area (Å²) in [6.45, 7) is 9.05. The molecular formula is C42H51NO8S. The third-order valence-electron chi connectivity index (χ3n) is 7.57. The van der Waals surface area contributed by atoms with Gasteiger partial charge in [-0.05, 0) is 85.5 Å². The molecule has 0 fully saturated rings. The fourth-order valence-corrected chi connectivity index (χ4v) is 6.03. The topological polar surface area (TPSA) is 94.6 Å². The van der Waals surface area contributed by atoms with Crippen molar-refractivity contribution in [3.8, 4) is 50.8 Å². The molecule has 1 aromatic heterocycles. The van der Waals surface area contributed by atoms with Crippen molar-refractivity contribution in [2.45, 2.75) is 47.0 Å². The highest BCUT2D eigenvalue weighted by molar-refractivity contribution is 7.21. The molecule has 0 atom stereocenters. The van der Waals surface area contributed by atoms with E-state index in [4.69, 9.17) is 38.1 Å². The van der Waals surface area contributed by atoms with Gasteiger partial charge >= 0.3 is 0 Å². The van der Waals surface area contributed by atoms with E-state index in [1.807, 2.05) is 82.3 Å². The number of aromatic nitrogens is 1. The Hall–Kier alpha value is -5.22. The van der Waals surface area contributed by atoms with Crippen LogP contribution < -0.4 is 33.2 Å². The molecule has 5 rings (SSSR count). The quantitative estimate of drug-likeness (QED) is 0.0526. The number of nitrogens with zero attached hydrogens (tertiary/aromatic N) is 1. The Kier molecular flexibility index (Phi) is 17.3. The largest absolute Gasteiger partial charge is 0.493 e. The van der Waals surface area contributed by atoms with Crippen LogP contribution >= 0.6 is 11.3 Å². The van der Waals surface area contributed by atoms with Crippen LogP contribution in [0.5, 0.6) is 40.2 Å². The third kappa shape index (κ3) is 10.9. The molecule has 1 heterocycles. The van der Waals surface area contributed by atoms with Crippen molar-refractivity contribution in [2.75, 3.05) is 48.8 Å². The van der Waals surface area contributed by atoms with Crippen LogP contribution in [0.2, 0.25) is 0 Å². The Morgan fingerprint density at radius 1 is 0.635 bits per heavy atom. The summed E-state index contributed by atoms with van der Waals surface area (Å²) in [5.41, 5.74) is 3.19. The van der Waals surface area contributed by atoms with E-state index in [9.17, 15) is 4.79 Å². The van der Waals surface area contributed by atoms with Crippen LogP contribution in [0, 0.1) is 0 Å². The first-order valence-corrected chi connectivity index (χ1v) is 18.3.